The second-order valence-electron chi connectivity index (χ2n) is 4.51. The molecular formula is C12H21N3O. The van der Waals surface area contributed by atoms with E-state index in [4.69, 9.17) is 4.74 Å². The van der Waals surface area contributed by atoms with Crippen molar-refractivity contribution in [3.63, 3.8) is 0 Å². The van der Waals surface area contributed by atoms with Crippen LogP contribution in [0.4, 0.5) is 0 Å². The molecule has 1 fully saturated rings. The lowest BCUT2D eigenvalue weighted by molar-refractivity contribution is 0.0307. The second-order valence-corrected chi connectivity index (χ2v) is 4.51. The minimum absolute atomic E-state index is 0.606. The molecule has 1 aromatic heterocycles. The zero-order valence-corrected chi connectivity index (χ0v) is 10.1. The molecule has 1 aromatic rings. The molecule has 0 bridgehead atoms. The monoisotopic (exact) mass is 223 g/mol. The van der Waals surface area contributed by atoms with Gasteiger partial charge in [0.15, 0.2) is 0 Å². The molecule has 2 atom stereocenters. The fourth-order valence-corrected chi connectivity index (χ4v) is 2.41. The molecular weight excluding hydrogens is 202 g/mol. The van der Waals surface area contributed by atoms with E-state index >= 15 is 0 Å². The number of nitrogens with one attached hydrogen (secondary N) is 1. The van der Waals surface area contributed by atoms with Crippen molar-refractivity contribution in [1.82, 2.24) is 14.9 Å². The SMILES string of the molecule is CNC1CCOCC1CCc1nccn1C. The molecule has 2 rings (SSSR count). The Morgan fingerprint density at radius 3 is 3.19 bits per heavy atom. The first-order valence-corrected chi connectivity index (χ1v) is 6.02. The van der Waals surface area contributed by atoms with Gasteiger partial charge >= 0.3 is 0 Å². The van der Waals surface area contributed by atoms with Crippen LogP contribution < -0.4 is 5.32 Å². The molecule has 0 amide bonds. The van der Waals surface area contributed by atoms with E-state index in [1.807, 2.05) is 19.4 Å². The average molecular weight is 223 g/mol. The first-order chi connectivity index (χ1) is 7.81. The van der Waals surface area contributed by atoms with Gasteiger partial charge in [0.2, 0.25) is 0 Å². The predicted octanol–water partition coefficient (Wildman–Crippen LogP) is 0.977. The zero-order valence-electron chi connectivity index (χ0n) is 10.1. The van der Waals surface area contributed by atoms with E-state index in [-0.39, 0.29) is 0 Å². The summed E-state index contributed by atoms with van der Waals surface area (Å²) < 4.78 is 7.64. The quantitative estimate of drug-likeness (QED) is 0.827. The van der Waals surface area contributed by atoms with E-state index in [0.717, 1.165) is 32.5 Å². The normalized spacial score (nSPS) is 25.9. The molecule has 0 spiro atoms. The smallest absolute Gasteiger partial charge is 0.108 e. The number of nitrogens with zero attached hydrogens (tertiary/aromatic N) is 2. The van der Waals surface area contributed by atoms with Crippen LogP contribution in [0.15, 0.2) is 12.4 Å². The molecule has 4 heteroatoms. The highest BCUT2D eigenvalue weighted by Crippen LogP contribution is 2.19. The molecule has 0 saturated carbocycles. The van der Waals surface area contributed by atoms with Gasteiger partial charge in [0.1, 0.15) is 5.82 Å². The van der Waals surface area contributed by atoms with Crippen LogP contribution in [0.3, 0.4) is 0 Å². The molecule has 2 unspecified atom stereocenters. The first kappa shape index (κ1) is 11.6. The zero-order chi connectivity index (χ0) is 11.4. The summed E-state index contributed by atoms with van der Waals surface area (Å²) in [5, 5.41) is 3.39. The van der Waals surface area contributed by atoms with E-state index in [0.29, 0.717) is 12.0 Å². The third-order valence-electron chi connectivity index (χ3n) is 3.50. The molecule has 0 radical (unpaired) electrons. The fraction of sp³-hybridized carbons (Fsp3) is 0.750. The van der Waals surface area contributed by atoms with E-state index in [1.54, 1.807) is 0 Å². The van der Waals surface area contributed by atoms with Crippen LogP contribution in [-0.4, -0.2) is 35.9 Å². The molecule has 0 aromatic carbocycles. The van der Waals surface area contributed by atoms with Crippen molar-refractivity contribution >= 4 is 0 Å². The van der Waals surface area contributed by atoms with Gasteiger partial charge in [-0.25, -0.2) is 4.98 Å². The van der Waals surface area contributed by atoms with Crippen LogP contribution >= 0.6 is 0 Å². The Balaban J connectivity index is 1.86. The van der Waals surface area contributed by atoms with Gasteiger partial charge in [-0.15, -0.1) is 0 Å². The van der Waals surface area contributed by atoms with Crippen molar-refractivity contribution in [1.29, 1.82) is 0 Å². The summed E-state index contributed by atoms with van der Waals surface area (Å²) in [5.74, 6) is 1.79. The van der Waals surface area contributed by atoms with Gasteiger partial charge in [-0.3, -0.25) is 0 Å². The van der Waals surface area contributed by atoms with Crippen molar-refractivity contribution in [3.05, 3.63) is 18.2 Å². The van der Waals surface area contributed by atoms with E-state index in [9.17, 15) is 0 Å². The van der Waals surface area contributed by atoms with Crippen LogP contribution in [0, 0.1) is 5.92 Å². The molecule has 16 heavy (non-hydrogen) atoms. The summed E-state index contributed by atoms with van der Waals surface area (Å²) in [6, 6.07) is 0.606. The van der Waals surface area contributed by atoms with Crippen LogP contribution in [0.5, 0.6) is 0 Å². The van der Waals surface area contributed by atoms with Gasteiger partial charge in [-0.1, -0.05) is 0 Å². The number of aryl methyl sites for hydroxylation is 2. The Bertz CT molecular complexity index is 324. The maximum absolute atomic E-state index is 5.55. The standard InChI is InChI=1S/C12H21N3O/c1-13-11-5-8-16-9-10(11)3-4-12-14-6-7-15(12)2/h6-7,10-11,13H,3-5,8-9H2,1-2H3. The lowest BCUT2D eigenvalue weighted by Gasteiger charge is -2.31. The van der Waals surface area contributed by atoms with Gasteiger partial charge in [0, 0.05) is 38.5 Å². The van der Waals surface area contributed by atoms with Crippen molar-refractivity contribution < 1.29 is 4.74 Å². The molecule has 4 nitrogen and oxygen atoms in total. The second kappa shape index (κ2) is 5.46. The van der Waals surface area contributed by atoms with Crippen LogP contribution in [0.1, 0.15) is 18.7 Å². The number of aromatic nitrogens is 2. The van der Waals surface area contributed by atoms with Crippen molar-refractivity contribution in [2.24, 2.45) is 13.0 Å². The first-order valence-electron chi connectivity index (χ1n) is 6.02. The maximum Gasteiger partial charge on any atom is 0.108 e. The lowest BCUT2D eigenvalue weighted by atomic mass is 9.91. The summed E-state index contributed by atoms with van der Waals surface area (Å²) in [7, 11) is 4.10. The summed E-state index contributed by atoms with van der Waals surface area (Å²) in [5.41, 5.74) is 0. The molecule has 1 N–H and O–H groups in total. The fourth-order valence-electron chi connectivity index (χ4n) is 2.41. The third-order valence-corrected chi connectivity index (χ3v) is 3.50. The number of hydrogen-bond acceptors (Lipinski definition) is 3. The van der Waals surface area contributed by atoms with Crippen molar-refractivity contribution in [2.45, 2.75) is 25.3 Å². The Kier molecular flexibility index (Phi) is 3.96. The topological polar surface area (TPSA) is 39.1 Å². The highest BCUT2D eigenvalue weighted by molar-refractivity contribution is 4.92. The minimum Gasteiger partial charge on any atom is -0.381 e. The van der Waals surface area contributed by atoms with E-state index in [1.165, 1.54) is 5.82 Å². The molecule has 90 valence electrons. The number of rotatable bonds is 4. The molecule has 1 aliphatic heterocycles. The molecule has 2 heterocycles. The summed E-state index contributed by atoms with van der Waals surface area (Å²) in [6.45, 7) is 1.78. The number of hydrogen-bond donors (Lipinski definition) is 1. The number of imidazole rings is 1. The Morgan fingerprint density at radius 1 is 1.62 bits per heavy atom. The van der Waals surface area contributed by atoms with Gasteiger partial charge < -0.3 is 14.6 Å². The van der Waals surface area contributed by atoms with E-state index < -0.39 is 0 Å². The summed E-state index contributed by atoms with van der Waals surface area (Å²) in [4.78, 5) is 4.35. The third kappa shape index (κ3) is 2.62. The molecule has 1 aliphatic rings. The van der Waals surface area contributed by atoms with Crippen molar-refractivity contribution in [3.8, 4) is 0 Å². The summed E-state index contributed by atoms with van der Waals surface area (Å²) >= 11 is 0. The van der Waals surface area contributed by atoms with Crippen molar-refractivity contribution in [2.75, 3.05) is 20.3 Å². The highest BCUT2D eigenvalue weighted by atomic mass is 16.5. The van der Waals surface area contributed by atoms with E-state index in [2.05, 4.69) is 21.9 Å². The maximum atomic E-state index is 5.55. The number of ether oxygens (including phenoxy) is 1. The molecule has 0 aliphatic carbocycles. The largest absolute Gasteiger partial charge is 0.381 e. The van der Waals surface area contributed by atoms with Crippen LogP contribution in [0.2, 0.25) is 0 Å². The van der Waals surface area contributed by atoms with Gasteiger partial charge in [0.05, 0.1) is 6.61 Å². The Morgan fingerprint density at radius 2 is 2.50 bits per heavy atom. The Hall–Kier alpha value is -0.870. The minimum atomic E-state index is 0.606. The molecule has 1 saturated heterocycles. The van der Waals surface area contributed by atoms with Crippen LogP contribution in [-0.2, 0) is 18.2 Å². The Labute approximate surface area is 97.0 Å². The highest BCUT2D eigenvalue weighted by Gasteiger charge is 2.24. The van der Waals surface area contributed by atoms with Gasteiger partial charge in [0.25, 0.3) is 0 Å². The van der Waals surface area contributed by atoms with Crippen LogP contribution in [0.25, 0.3) is 0 Å². The van der Waals surface area contributed by atoms with Gasteiger partial charge in [-0.2, -0.15) is 0 Å². The van der Waals surface area contributed by atoms with Gasteiger partial charge in [-0.05, 0) is 25.8 Å². The predicted molar refractivity (Wildman–Crippen MR) is 63.3 cm³/mol. The average Bonchev–Trinajstić information content (AvgIpc) is 2.72. The lowest BCUT2D eigenvalue weighted by Crippen LogP contribution is -2.41. The summed E-state index contributed by atoms with van der Waals surface area (Å²) in [6.07, 6.45) is 7.18.